The van der Waals surface area contributed by atoms with E-state index in [0.717, 1.165) is 28.3 Å². The minimum Gasteiger partial charge on any atom is -0.361 e. The summed E-state index contributed by atoms with van der Waals surface area (Å²) in [4.78, 5) is 28.5. The fourth-order valence-corrected chi connectivity index (χ4v) is 3.59. The molecule has 0 radical (unpaired) electrons. The maximum Gasteiger partial charge on any atom is 0.332 e. The first-order valence-corrected chi connectivity index (χ1v) is 9.64. The molecule has 31 heavy (non-hydrogen) atoms. The van der Waals surface area contributed by atoms with Crippen LogP contribution in [-0.2, 0) is 17.9 Å². The van der Waals surface area contributed by atoms with E-state index in [1.807, 2.05) is 6.92 Å². The summed E-state index contributed by atoms with van der Waals surface area (Å²) >= 11 is 0. The van der Waals surface area contributed by atoms with Gasteiger partial charge in [0.15, 0.2) is 0 Å². The summed E-state index contributed by atoms with van der Waals surface area (Å²) in [7, 11) is 0. The van der Waals surface area contributed by atoms with Crippen molar-refractivity contribution in [1.29, 1.82) is 0 Å². The molecular weight excluding hydrogens is 408 g/mol. The molecule has 3 aromatic rings. The highest BCUT2D eigenvalue weighted by molar-refractivity contribution is 6.22. The van der Waals surface area contributed by atoms with Crippen LogP contribution in [0.25, 0.3) is 0 Å². The second kappa shape index (κ2) is 7.29. The smallest absolute Gasteiger partial charge is 0.332 e. The first-order valence-electron chi connectivity index (χ1n) is 9.64. The molecule has 0 atom stereocenters. The Morgan fingerprint density at radius 1 is 1.13 bits per heavy atom. The monoisotopic (exact) mass is 429 g/mol. The number of hydrogen-bond donors (Lipinski definition) is 0. The number of amides is 3. The van der Waals surface area contributed by atoms with Gasteiger partial charge in [-0.15, -0.1) is 0 Å². The SMILES string of the molecule is Cc1noc(C)c1Cn1cc(N2C(=O)N(Cc3ccc(F)cc3F)C(C)(C)C2=O)cn1. The van der Waals surface area contributed by atoms with Gasteiger partial charge < -0.3 is 9.42 Å². The molecular formula is C21H21F2N5O3. The minimum absolute atomic E-state index is 0.117. The Labute approximate surface area is 177 Å². The fourth-order valence-electron chi connectivity index (χ4n) is 3.59. The molecule has 1 aliphatic heterocycles. The van der Waals surface area contributed by atoms with Crippen molar-refractivity contribution in [2.75, 3.05) is 4.90 Å². The van der Waals surface area contributed by atoms with Gasteiger partial charge in [-0.25, -0.2) is 18.5 Å². The van der Waals surface area contributed by atoms with Crippen molar-refractivity contribution in [2.45, 2.75) is 46.3 Å². The number of aryl methyl sites for hydroxylation is 2. The first-order chi connectivity index (χ1) is 14.6. The highest BCUT2D eigenvalue weighted by Gasteiger charge is 2.52. The van der Waals surface area contributed by atoms with Gasteiger partial charge in [0.2, 0.25) is 0 Å². The zero-order valence-electron chi connectivity index (χ0n) is 17.5. The predicted octanol–water partition coefficient (Wildman–Crippen LogP) is 3.56. The standard InChI is InChI=1S/C21H21F2N5O3/c1-12-17(13(2)31-25-12)11-26-10-16(8-24-26)28-19(29)21(3,4)27(20(28)30)9-14-5-6-15(22)7-18(14)23/h5-8,10H,9,11H2,1-4H3. The van der Waals surface area contributed by atoms with Gasteiger partial charge >= 0.3 is 6.03 Å². The average Bonchev–Trinajstić information content (AvgIpc) is 3.33. The molecule has 162 valence electrons. The summed E-state index contributed by atoms with van der Waals surface area (Å²) < 4.78 is 34.1. The summed E-state index contributed by atoms with van der Waals surface area (Å²) in [6.45, 7) is 6.98. The summed E-state index contributed by atoms with van der Waals surface area (Å²) in [5, 5.41) is 8.15. The molecule has 2 aromatic heterocycles. The van der Waals surface area contributed by atoms with Crippen LogP contribution in [0.5, 0.6) is 0 Å². The number of imide groups is 1. The van der Waals surface area contributed by atoms with E-state index in [1.54, 1.807) is 31.6 Å². The number of urea groups is 1. The highest BCUT2D eigenvalue weighted by atomic mass is 19.1. The maximum absolute atomic E-state index is 14.1. The van der Waals surface area contributed by atoms with E-state index in [0.29, 0.717) is 18.0 Å². The number of hydrogen-bond acceptors (Lipinski definition) is 5. The van der Waals surface area contributed by atoms with E-state index < -0.39 is 29.1 Å². The lowest BCUT2D eigenvalue weighted by Crippen LogP contribution is -2.43. The van der Waals surface area contributed by atoms with Gasteiger partial charge in [-0.3, -0.25) is 9.48 Å². The summed E-state index contributed by atoms with van der Waals surface area (Å²) in [6, 6.07) is 2.53. The lowest BCUT2D eigenvalue weighted by molar-refractivity contribution is -0.123. The topological polar surface area (TPSA) is 84.5 Å². The Balaban J connectivity index is 1.60. The van der Waals surface area contributed by atoms with Crippen molar-refractivity contribution in [3.8, 4) is 0 Å². The average molecular weight is 429 g/mol. The first kappa shape index (κ1) is 20.7. The number of halogens is 2. The summed E-state index contributed by atoms with van der Waals surface area (Å²) in [5.74, 6) is -1.29. The maximum atomic E-state index is 14.1. The van der Waals surface area contributed by atoms with Crippen LogP contribution in [0.15, 0.2) is 35.1 Å². The van der Waals surface area contributed by atoms with E-state index >= 15 is 0 Å². The third-order valence-corrected chi connectivity index (χ3v) is 5.55. The van der Waals surface area contributed by atoms with E-state index in [2.05, 4.69) is 10.3 Å². The van der Waals surface area contributed by atoms with Crippen molar-refractivity contribution < 1.29 is 22.9 Å². The highest BCUT2D eigenvalue weighted by Crippen LogP contribution is 2.33. The Bertz CT molecular complexity index is 1160. The van der Waals surface area contributed by atoms with Crippen LogP contribution in [0.1, 0.15) is 36.4 Å². The van der Waals surface area contributed by atoms with Gasteiger partial charge in [-0.2, -0.15) is 5.10 Å². The van der Waals surface area contributed by atoms with Crippen LogP contribution in [0, 0.1) is 25.5 Å². The Morgan fingerprint density at radius 2 is 1.87 bits per heavy atom. The number of nitrogens with zero attached hydrogens (tertiary/aromatic N) is 5. The van der Waals surface area contributed by atoms with Crippen molar-refractivity contribution >= 4 is 17.6 Å². The van der Waals surface area contributed by atoms with Crippen molar-refractivity contribution in [2.24, 2.45) is 0 Å². The molecule has 0 saturated carbocycles. The summed E-state index contributed by atoms with van der Waals surface area (Å²) in [6.07, 6.45) is 3.01. The Hall–Kier alpha value is -3.56. The zero-order valence-corrected chi connectivity index (χ0v) is 17.5. The normalized spacial score (nSPS) is 15.9. The van der Waals surface area contributed by atoms with Crippen LogP contribution < -0.4 is 4.90 Å². The van der Waals surface area contributed by atoms with E-state index in [9.17, 15) is 18.4 Å². The van der Waals surface area contributed by atoms with Crippen LogP contribution in [-0.4, -0.2) is 37.3 Å². The van der Waals surface area contributed by atoms with Crippen molar-refractivity contribution in [3.05, 3.63) is 64.8 Å². The fraction of sp³-hybridized carbons (Fsp3) is 0.333. The van der Waals surface area contributed by atoms with Gasteiger partial charge in [0.05, 0.1) is 30.7 Å². The molecule has 10 heteroatoms. The lowest BCUT2D eigenvalue weighted by Gasteiger charge is -2.27. The Morgan fingerprint density at radius 3 is 2.52 bits per heavy atom. The number of aromatic nitrogens is 3. The molecule has 0 spiro atoms. The molecule has 3 heterocycles. The van der Waals surface area contributed by atoms with Gasteiger partial charge in [-0.05, 0) is 33.8 Å². The molecule has 4 rings (SSSR count). The number of benzene rings is 1. The van der Waals surface area contributed by atoms with E-state index in [1.165, 1.54) is 17.2 Å². The Kier molecular flexibility index (Phi) is 4.87. The largest absolute Gasteiger partial charge is 0.361 e. The molecule has 3 amide bonds. The minimum atomic E-state index is -1.22. The van der Waals surface area contributed by atoms with Crippen molar-refractivity contribution in [3.63, 3.8) is 0 Å². The molecule has 1 aliphatic rings. The number of rotatable bonds is 5. The molecule has 8 nitrogen and oxygen atoms in total. The molecule has 0 aliphatic carbocycles. The molecule has 0 N–H and O–H groups in total. The number of anilines is 1. The molecule has 0 unspecified atom stereocenters. The zero-order chi connectivity index (χ0) is 22.5. The van der Waals surface area contributed by atoms with Gasteiger partial charge in [-0.1, -0.05) is 11.2 Å². The quantitative estimate of drug-likeness (QED) is 0.579. The second-order valence-electron chi connectivity index (χ2n) is 8.00. The lowest BCUT2D eigenvalue weighted by atomic mass is 10.0. The van der Waals surface area contributed by atoms with Gasteiger partial charge in [0, 0.05) is 23.4 Å². The molecule has 1 fully saturated rings. The number of carbonyl (C=O) groups excluding carboxylic acids is 2. The van der Waals surface area contributed by atoms with Crippen LogP contribution in [0.4, 0.5) is 19.3 Å². The molecule has 1 aromatic carbocycles. The van der Waals surface area contributed by atoms with E-state index in [-0.39, 0.29) is 12.1 Å². The van der Waals surface area contributed by atoms with Crippen LogP contribution in [0.3, 0.4) is 0 Å². The van der Waals surface area contributed by atoms with Crippen LogP contribution in [0.2, 0.25) is 0 Å². The number of carbonyl (C=O) groups is 2. The van der Waals surface area contributed by atoms with Crippen LogP contribution >= 0.6 is 0 Å². The summed E-state index contributed by atoms with van der Waals surface area (Å²) in [5.41, 5.74) is 0.796. The van der Waals surface area contributed by atoms with Crippen molar-refractivity contribution in [1.82, 2.24) is 19.8 Å². The third-order valence-electron chi connectivity index (χ3n) is 5.55. The molecule has 1 saturated heterocycles. The van der Waals surface area contributed by atoms with Gasteiger partial charge in [0.25, 0.3) is 5.91 Å². The van der Waals surface area contributed by atoms with Gasteiger partial charge in [0.1, 0.15) is 22.9 Å². The molecule has 0 bridgehead atoms. The van der Waals surface area contributed by atoms with E-state index in [4.69, 9.17) is 4.52 Å². The second-order valence-corrected chi connectivity index (χ2v) is 8.00. The third kappa shape index (κ3) is 3.47. The predicted molar refractivity (Wildman–Crippen MR) is 106 cm³/mol.